The second-order valence-electron chi connectivity index (χ2n) is 2.90. The van der Waals surface area contributed by atoms with Crippen LogP contribution in [0.2, 0.25) is 0 Å². The molecule has 1 aromatic rings. The van der Waals surface area contributed by atoms with Crippen LogP contribution in [0.15, 0.2) is 46.1 Å². The molecule has 0 unspecified atom stereocenters. The van der Waals surface area contributed by atoms with Gasteiger partial charge < -0.3 is 5.11 Å². The van der Waals surface area contributed by atoms with Gasteiger partial charge in [0.1, 0.15) is 5.70 Å². The van der Waals surface area contributed by atoms with Gasteiger partial charge in [0.15, 0.2) is 5.57 Å². The van der Waals surface area contributed by atoms with Crippen molar-refractivity contribution < 1.29 is 14.7 Å². The number of benzene rings is 1. The third kappa shape index (κ3) is 1.54. The number of hydrogen-bond acceptors (Lipinski definition) is 3. The van der Waals surface area contributed by atoms with E-state index in [1.165, 1.54) is 0 Å². The molecule has 0 aromatic heterocycles. The maximum Gasteiger partial charge on any atom is 0.343 e. The Morgan fingerprint density at radius 3 is 2.40 bits per heavy atom. The number of carbonyl (C=O) groups is 2. The number of nitrogens with zero attached hydrogens (tertiary/aromatic N) is 2. The van der Waals surface area contributed by atoms with Gasteiger partial charge in [0, 0.05) is 5.56 Å². The number of amides is 1. The first kappa shape index (κ1) is 9.26. The Kier molecular flexibility index (Phi) is 2.13. The van der Waals surface area contributed by atoms with Gasteiger partial charge in [-0.25, -0.2) is 4.79 Å². The summed E-state index contributed by atoms with van der Waals surface area (Å²) in [6.45, 7) is 0. The van der Waals surface area contributed by atoms with Crippen LogP contribution in [0.3, 0.4) is 0 Å². The molecule has 1 N–H and O–H groups in total. The zero-order valence-electron chi connectivity index (χ0n) is 7.54. The van der Waals surface area contributed by atoms with E-state index in [0.717, 1.165) is 0 Å². The fraction of sp³-hybridized carbons (Fsp3) is 0. The third-order valence-electron chi connectivity index (χ3n) is 1.95. The van der Waals surface area contributed by atoms with Crippen LogP contribution >= 0.6 is 0 Å². The number of carboxylic acid groups (broad SMARTS) is 1. The second kappa shape index (κ2) is 3.45. The summed E-state index contributed by atoms with van der Waals surface area (Å²) in [5.74, 6) is -2.11. The van der Waals surface area contributed by atoms with Crippen molar-refractivity contribution >= 4 is 17.6 Å². The Hall–Kier alpha value is -2.30. The molecule has 1 aliphatic rings. The van der Waals surface area contributed by atoms with Crippen molar-refractivity contribution in [3.63, 3.8) is 0 Å². The Morgan fingerprint density at radius 1 is 1.13 bits per heavy atom. The highest BCUT2D eigenvalue weighted by molar-refractivity contribution is 6.23. The molecular weight excluding hydrogens is 196 g/mol. The van der Waals surface area contributed by atoms with E-state index < -0.39 is 11.9 Å². The lowest BCUT2D eigenvalue weighted by atomic mass is 10.1. The molecule has 1 heterocycles. The van der Waals surface area contributed by atoms with Gasteiger partial charge in [0.05, 0.1) is 0 Å². The van der Waals surface area contributed by atoms with Crippen molar-refractivity contribution in [3.05, 3.63) is 41.5 Å². The average molecular weight is 202 g/mol. The van der Waals surface area contributed by atoms with Crippen molar-refractivity contribution in [2.45, 2.75) is 0 Å². The van der Waals surface area contributed by atoms with Gasteiger partial charge in [0.2, 0.25) is 0 Å². The van der Waals surface area contributed by atoms with Gasteiger partial charge in [-0.2, -0.15) is 0 Å². The first-order valence-electron chi connectivity index (χ1n) is 4.19. The van der Waals surface area contributed by atoms with Crippen LogP contribution in [-0.4, -0.2) is 17.0 Å². The maximum absolute atomic E-state index is 11.1. The Balaban J connectivity index is 2.57. The van der Waals surface area contributed by atoms with Crippen molar-refractivity contribution in [2.24, 2.45) is 10.2 Å². The van der Waals surface area contributed by atoms with Crippen LogP contribution in [0, 0.1) is 0 Å². The molecule has 1 amide bonds. The number of azo groups is 1. The summed E-state index contributed by atoms with van der Waals surface area (Å²) in [6, 6.07) is 8.62. The van der Waals surface area contributed by atoms with E-state index in [0.29, 0.717) is 5.56 Å². The van der Waals surface area contributed by atoms with Gasteiger partial charge >= 0.3 is 11.9 Å². The smallest absolute Gasteiger partial charge is 0.343 e. The summed E-state index contributed by atoms with van der Waals surface area (Å²) in [7, 11) is 0. The molecule has 5 heteroatoms. The first-order valence-corrected chi connectivity index (χ1v) is 4.19. The summed E-state index contributed by atoms with van der Waals surface area (Å²) >= 11 is 0. The summed E-state index contributed by atoms with van der Waals surface area (Å²) < 4.78 is 0. The van der Waals surface area contributed by atoms with Crippen LogP contribution in [-0.2, 0) is 9.59 Å². The molecule has 15 heavy (non-hydrogen) atoms. The van der Waals surface area contributed by atoms with Gasteiger partial charge in [0.25, 0.3) is 0 Å². The lowest BCUT2D eigenvalue weighted by Crippen LogP contribution is -2.08. The van der Waals surface area contributed by atoms with Crippen molar-refractivity contribution in [1.82, 2.24) is 0 Å². The van der Waals surface area contributed by atoms with Crippen LogP contribution < -0.4 is 0 Å². The largest absolute Gasteiger partial charge is 0.477 e. The summed E-state index contributed by atoms with van der Waals surface area (Å²) in [5, 5.41) is 15.6. The number of hydrogen-bond donors (Lipinski definition) is 1. The van der Waals surface area contributed by atoms with Crippen LogP contribution in [0.4, 0.5) is 0 Å². The quantitative estimate of drug-likeness (QED) is 0.737. The number of rotatable bonds is 2. The highest BCUT2D eigenvalue weighted by Gasteiger charge is 2.28. The minimum atomic E-state index is -1.30. The molecule has 0 radical (unpaired) electrons. The summed E-state index contributed by atoms with van der Waals surface area (Å²) in [4.78, 5) is 21.9. The number of carbonyl (C=O) groups excluding carboxylic acids is 1. The van der Waals surface area contributed by atoms with Gasteiger partial charge in [-0.3, -0.25) is 4.79 Å². The Bertz CT molecular complexity index is 489. The molecule has 0 aliphatic carbocycles. The van der Waals surface area contributed by atoms with Crippen LogP contribution in [0.1, 0.15) is 5.56 Å². The normalized spacial score (nSPS) is 14.8. The third-order valence-corrected chi connectivity index (χ3v) is 1.95. The lowest BCUT2D eigenvalue weighted by molar-refractivity contribution is -0.134. The minimum Gasteiger partial charge on any atom is -0.477 e. The zero-order valence-corrected chi connectivity index (χ0v) is 7.54. The first-order chi connectivity index (χ1) is 7.20. The molecule has 0 bridgehead atoms. The monoisotopic (exact) mass is 202 g/mol. The fourth-order valence-electron chi connectivity index (χ4n) is 1.29. The van der Waals surface area contributed by atoms with E-state index in [-0.39, 0.29) is 11.3 Å². The van der Waals surface area contributed by atoms with Crippen LogP contribution in [0.5, 0.6) is 0 Å². The van der Waals surface area contributed by atoms with Crippen molar-refractivity contribution in [3.8, 4) is 0 Å². The van der Waals surface area contributed by atoms with Gasteiger partial charge in [-0.05, 0) is 0 Å². The predicted octanol–water partition coefficient (Wildman–Crippen LogP) is 1.47. The summed E-state index contributed by atoms with van der Waals surface area (Å²) in [6.07, 6.45) is 0. The molecule has 1 aliphatic heterocycles. The zero-order chi connectivity index (χ0) is 10.8. The van der Waals surface area contributed by atoms with Crippen molar-refractivity contribution in [1.29, 1.82) is 0 Å². The van der Waals surface area contributed by atoms with E-state index >= 15 is 0 Å². The molecule has 2 rings (SSSR count). The molecule has 74 valence electrons. The molecule has 0 spiro atoms. The van der Waals surface area contributed by atoms with Crippen LogP contribution in [0.25, 0.3) is 5.70 Å². The molecule has 0 saturated carbocycles. The second-order valence-corrected chi connectivity index (χ2v) is 2.90. The average Bonchev–Trinajstić information content (AvgIpc) is 2.61. The van der Waals surface area contributed by atoms with Gasteiger partial charge in [-0.15, -0.1) is 10.2 Å². The molecular formula is C10H6N2O3. The van der Waals surface area contributed by atoms with E-state index in [4.69, 9.17) is 5.11 Å². The predicted molar refractivity (Wildman–Crippen MR) is 50.9 cm³/mol. The standard InChI is InChI=1S/C10H6N2O3/c13-9-7(10(14)15)8(11-12-9)6-4-2-1-3-5-6/h1-5H,(H,14,15). The van der Waals surface area contributed by atoms with E-state index in [1.807, 2.05) is 0 Å². The topological polar surface area (TPSA) is 79.1 Å². The minimum absolute atomic E-state index is 0.119. The fourth-order valence-corrected chi connectivity index (χ4v) is 1.29. The SMILES string of the molecule is O=C(O)C1=C(c2ccccc2)N=NC1=O. The molecule has 1 aromatic carbocycles. The molecule has 5 nitrogen and oxygen atoms in total. The molecule has 0 atom stereocenters. The highest BCUT2D eigenvalue weighted by atomic mass is 16.4. The lowest BCUT2D eigenvalue weighted by Gasteiger charge is -1.98. The highest BCUT2D eigenvalue weighted by Crippen LogP contribution is 2.26. The number of carboxylic acids is 1. The molecule has 0 saturated heterocycles. The van der Waals surface area contributed by atoms with Crippen molar-refractivity contribution in [2.75, 3.05) is 0 Å². The number of aliphatic carboxylic acids is 1. The Labute approximate surface area is 84.8 Å². The Morgan fingerprint density at radius 2 is 1.80 bits per heavy atom. The maximum atomic E-state index is 11.1. The van der Waals surface area contributed by atoms with Gasteiger partial charge in [-0.1, -0.05) is 30.3 Å². The summed E-state index contributed by atoms with van der Waals surface area (Å²) in [5.41, 5.74) is 0.318. The molecule has 0 fully saturated rings. The van der Waals surface area contributed by atoms with E-state index in [9.17, 15) is 9.59 Å². The van der Waals surface area contributed by atoms with E-state index in [2.05, 4.69) is 10.2 Å². The van der Waals surface area contributed by atoms with E-state index in [1.54, 1.807) is 30.3 Å².